The van der Waals surface area contributed by atoms with E-state index in [0.29, 0.717) is 0 Å². The maximum Gasteiger partial charge on any atom is 0.322 e. The molecule has 0 aliphatic heterocycles. The normalized spacial score (nSPS) is 11.2. The molecule has 0 atom stereocenters. The van der Waals surface area contributed by atoms with E-state index in [-0.39, 0.29) is 19.2 Å². The van der Waals surface area contributed by atoms with Crippen molar-refractivity contribution in [3.05, 3.63) is 0 Å². The number of hydrogen-bond acceptors (Lipinski definition) is 3. The molecule has 0 unspecified atom stereocenters. The Morgan fingerprint density at radius 2 is 2.20 bits per heavy atom. The zero-order chi connectivity index (χ0) is 8.20. The van der Waals surface area contributed by atoms with Crippen molar-refractivity contribution in [2.75, 3.05) is 13.2 Å². The maximum atomic E-state index is 10.8. The molecule has 1 N–H and O–H groups in total. The van der Waals surface area contributed by atoms with Crippen LogP contribution in [0.2, 0.25) is 0 Å². The van der Waals surface area contributed by atoms with Crippen LogP contribution in [0, 0.1) is 0 Å². The van der Waals surface area contributed by atoms with Crippen molar-refractivity contribution in [2.45, 2.75) is 18.2 Å². The van der Waals surface area contributed by atoms with Crippen LogP contribution in [0.25, 0.3) is 0 Å². The molecule has 0 aromatic heterocycles. The molecule has 0 saturated heterocycles. The summed E-state index contributed by atoms with van der Waals surface area (Å²) in [5.74, 6) is -0.360. The molecule has 0 aliphatic carbocycles. The molecule has 0 aliphatic rings. The van der Waals surface area contributed by atoms with Crippen LogP contribution in [0.1, 0.15) is 13.8 Å². The molecule has 0 rings (SSSR count). The van der Waals surface area contributed by atoms with Crippen LogP contribution in [0.15, 0.2) is 0 Å². The summed E-state index contributed by atoms with van der Waals surface area (Å²) in [7, 11) is 0. The van der Waals surface area contributed by atoms with E-state index in [0.717, 1.165) is 0 Å². The largest absolute Gasteiger partial charge is 0.462 e. The molecule has 10 heavy (non-hydrogen) atoms. The summed E-state index contributed by atoms with van der Waals surface area (Å²) in [5, 5.41) is 8.29. The van der Waals surface area contributed by atoms with Crippen molar-refractivity contribution < 1.29 is 14.6 Å². The Labute approximate surface area is 68.5 Å². The van der Waals surface area contributed by atoms with Crippen LogP contribution in [-0.2, 0) is 9.53 Å². The molecule has 0 radical (unpaired) electrons. The topological polar surface area (TPSA) is 46.5 Å². The quantitative estimate of drug-likeness (QED) is 0.552. The number of carbonyl (C=O) groups excluding carboxylic acids is 1. The highest BCUT2D eigenvalue weighted by molar-refractivity contribution is 9.10. The van der Waals surface area contributed by atoms with Gasteiger partial charge in [0.1, 0.15) is 10.9 Å². The van der Waals surface area contributed by atoms with Gasteiger partial charge in [0.2, 0.25) is 0 Å². The summed E-state index contributed by atoms with van der Waals surface area (Å²) < 4.78 is 3.97. The Morgan fingerprint density at radius 1 is 1.70 bits per heavy atom. The third-order valence-electron chi connectivity index (χ3n) is 0.810. The number of carbonyl (C=O) groups is 1. The van der Waals surface area contributed by atoms with Crippen LogP contribution in [0.4, 0.5) is 0 Å². The molecule has 0 aromatic rings. The molecule has 0 spiro atoms. The number of alkyl halides is 1. The summed E-state index contributed by atoms with van der Waals surface area (Å²) in [6, 6.07) is 0. The summed E-state index contributed by atoms with van der Waals surface area (Å²) in [6.07, 6.45) is 0. The van der Waals surface area contributed by atoms with Crippen LogP contribution in [-0.4, -0.2) is 28.6 Å². The molecule has 3 nitrogen and oxygen atoms in total. The number of esters is 1. The highest BCUT2D eigenvalue weighted by Gasteiger charge is 2.24. The van der Waals surface area contributed by atoms with Crippen LogP contribution >= 0.6 is 15.9 Å². The van der Waals surface area contributed by atoms with Crippen molar-refractivity contribution >= 4 is 21.9 Å². The fourth-order valence-corrected chi connectivity index (χ4v) is 0.424. The summed E-state index contributed by atoms with van der Waals surface area (Å²) in [4.78, 5) is 10.8. The summed E-state index contributed by atoms with van der Waals surface area (Å²) >= 11 is 3.12. The minimum absolute atomic E-state index is 0.0634. The molecule has 0 aromatic carbocycles. The fraction of sp³-hybridized carbons (Fsp3) is 0.833. The molecule has 0 heterocycles. The van der Waals surface area contributed by atoms with Gasteiger partial charge in [0.25, 0.3) is 0 Å². The van der Waals surface area contributed by atoms with Crippen LogP contribution in [0.5, 0.6) is 0 Å². The monoisotopic (exact) mass is 210 g/mol. The first-order valence-corrected chi connectivity index (χ1v) is 3.75. The van der Waals surface area contributed by atoms with Gasteiger partial charge < -0.3 is 9.84 Å². The minimum atomic E-state index is -0.651. The Kier molecular flexibility index (Phi) is 3.89. The number of halogens is 1. The predicted octanol–water partition coefficient (Wildman–Crippen LogP) is 0.695. The van der Waals surface area contributed by atoms with Gasteiger partial charge in [-0.1, -0.05) is 15.9 Å². The fourth-order valence-electron chi connectivity index (χ4n) is 0.310. The number of rotatable bonds is 3. The van der Waals surface area contributed by atoms with Gasteiger partial charge in [-0.3, -0.25) is 4.79 Å². The molecule has 0 amide bonds. The van der Waals surface area contributed by atoms with Crippen molar-refractivity contribution in [1.82, 2.24) is 0 Å². The highest BCUT2D eigenvalue weighted by atomic mass is 79.9. The first kappa shape index (κ1) is 9.91. The minimum Gasteiger partial charge on any atom is -0.462 e. The van der Waals surface area contributed by atoms with E-state index in [1.165, 1.54) is 0 Å². The Morgan fingerprint density at radius 3 is 2.50 bits per heavy atom. The second-order valence-corrected chi connectivity index (χ2v) is 4.31. The first-order valence-electron chi connectivity index (χ1n) is 2.95. The second kappa shape index (κ2) is 3.93. The predicted molar refractivity (Wildman–Crippen MR) is 41.1 cm³/mol. The first-order chi connectivity index (χ1) is 4.48. The average Bonchev–Trinajstić information content (AvgIpc) is 1.80. The number of ether oxygens (including phenoxy) is 1. The zero-order valence-electron chi connectivity index (χ0n) is 6.06. The van der Waals surface area contributed by atoms with Crippen molar-refractivity contribution in [2.24, 2.45) is 0 Å². The van der Waals surface area contributed by atoms with Gasteiger partial charge in [-0.15, -0.1) is 0 Å². The van der Waals surface area contributed by atoms with E-state index in [9.17, 15) is 4.79 Å². The smallest absolute Gasteiger partial charge is 0.322 e. The van der Waals surface area contributed by atoms with Crippen LogP contribution < -0.4 is 0 Å². The summed E-state index contributed by atoms with van der Waals surface area (Å²) in [5.41, 5.74) is 0. The number of aliphatic hydroxyl groups excluding tert-OH is 1. The standard InChI is InChI=1S/C6H11BrO3/c1-6(2,7)5(9)10-4-3-8/h8H,3-4H2,1-2H3. The van der Waals surface area contributed by atoms with Crippen LogP contribution in [0.3, 0.4) is 0 Å². The van der Waals surface area contributed by atoms with Crippen molar-refractivity contribution in [1.29, 1.82) is 0 Å². The zero-order valence-corrected chi connectivity index (χ0v) is 7.64. The third kappa shape index (κ3) is 3.85. The maximum absolute atomic E-state index is 10.8. The van der Waals surface area contributed by atoms with Gasteiger partial charge in [-0.2, -0.15) is 0 Å². The second-order valence-electron chi connectivity index (χ2n) is 2.33. The molecule has 0 saturated carbocycles. The molecular formula is C6H11BrO3. The Bertz CT molecular complexity index is 117. The van der Waals surface area contributed by atoms with E-state index in [4.69, 9.17) is 5.11 Å². The molecule has 0 fully saturated rings. The third-order valence-corrected chi connectivity index (χ3v) is 1.13. The van der Waals surface area contributed by atoms with E-state index in [1.54, 1.807) is 13.8 Å². The average molecular weight is 211 g/mol. The van der Waals surface area contributed by atoms with Gasteiger partial charge in [0.05, 0.1) is 6.61 Å². The van der Waals surface area contributed by atoms with Gasteiger partial charge in [0.15, 0.2) is 0 Å². The number of aliphatic hydroxyl groups is 1. The lowest BCUT2D eigenvalue weighted by Crippen LogP contribution is -2.27. The van der Waals surface area contributed by atoms with Crippen molar-refractivity contribution in [3.63, 3.8) is 0 Å². The molecule has 4 heteroatoms. The van der Waals surface area contributed by atoms with E-state index >= 15 is 0 Å². The molecular weight excluding hydrogens is 200 g/mol. The van der Waals surface area contributed by atoms with E-state index < -0.39 is 4.32 Å². The lowest BCUT2D eigenvalue weighted by molar-refractivity contribution is -0.146. The van der Waals surface area contributed by atoms with Gasteiger partial charge >= 0.3 is 5.97 Å². The van der Waals surface area contributed by atoms with E-state index in [2.05, 4.69) is 20.7 Å². The Balaban J connectivity index is 3.64. The van der Waals surface area contributed by atoms with Gasteiger partial charge in [0, 0.05) is 0 Å². The van der Waals surface area contributed by atoms with E-state index in [1.807, 2.05) is 0 Å². The van der Waals surface area contributed by atoms with Gasteiger partial charge in [-0.05, 0) is 13.8 Å². The lowest BCUT2D eigenvalue weighted by atomic mass is 10.2. The van der Waals surface area contributed by atoms with Gasteiger partial charge in [-0.25, -0.2) is 0 Å². The molecule has 0 bridgehead atoms. The SMILES string of the molecule is CC(C)(Br)C(=O)OCCO. The lowest BCUT2D eigenvalue weighted by Gasteiger charge is -2.13. The number of hydrogen-bond donors (Lipinski definition) is 1. The van der Waals surface area contributed by atoms with Crippen molar-refractivity contribution in [3.8, 4) is 0 Å². The highest BCUT2D eigenvalue weighted by Crippen LogP contribution is 2.16. The Hall–Kier alpha value is -0.0900. The summed E-state index contributed by atoms with van der Waals surface area (Å²) in [6.45, 7) is 3.31. The molecule has 60 valence electrons.